The van der Waals surface area contributed by atoms with Crippen LogP contribution in [0.4, 0.5) is 0 Å². The summed E-state index contributed by atoms with van der Waals surface area (Å²) in [5.41, 5.74) is 0.852. The maximum absolute atomic E-state index is 8.57. The Bertz CT molecular complexity index is 624. The third kappa shape index (κ3) is 5.68. The highest BCUT2D eigenvalue weighted by molar-refractivity contribution is 7.73. The van der Waals surface area contributed by atoms with Crippen LogP contribution in [0.5, 0.6) is 0 Å². The first kappa shape index (κ1) is 21.5. The highest BCUT2D eigenvalue weighted by Crippen LogP contribution is 2.51. The van der Waals surface area contributed by atoms with Crippen LogP contribution in [-0.4, -0.2) is 17.4 Å². The fraction of sp³-hybridized carbons (Fsp3) is 0.538. The minimum Gasteiger partial charge on any atom is -0.396 e. The molecule has 0 aliphatic heterocycles. The van der Waals surface area contributed by atoms with Crippen molar-refractivity contribution in [2.75, 3.05) is 6.61 Å². The molecule has 2 aromatic rings. The predicted molar refractivity (Wildman–Crippen MR) is 124 cm³/mol. The first-order valence-corrected chi connectivity index (χ1v) is 12.6. The first-order chi connectivity index (χ1) is 13.7. The van der Waals surface area contributed by atoms with Crippen LogP contribution in [0, 0.1) is 17.8 Å². The van der Waals surface area contributed by atoms with Crippen LogP contribution in [0.1, 0.15) is 58.8 Å². The van der Waals surface area contributed by atoms with Crippen LogP contribution in [0.3, 0.4) is 0 Å². The zero-order valence-electron chi connectivity index (χ0n) is 17.6. The van der Waals surface area contributed by atoms with Crippen LogP contribution < -0.4 is 10.6 Å². The van der Waals surface area contributed by atoms with E-state index in [9.17, 15) is 0 Å². The molecule has 0 heterocycles. The van der Waals surface area contributed by atoms with Gasteiger partial charge in [-0.1, -0.05) is 93.8 Å². The number of hydrogen-bond donors (Lipinski definition) is 1. The predicted octanol–water partition coefficient (Wildman–Crippen LogP) is 6.11. The van der Waals surface area contributed by atoms with Crippen molar-refractivity contribution in [1.29, 1.82) is 0 Å². The summed E-state index contributed by atoms with van der Waals surface area (Å²) in [5, 5.41) is 11.7. The van der Waals surface area contributed by atoms with Crippen molar-refractivity contribution in [2.24, 2.45) is 17.8 Å². The van der Waals surface area contributed by atoms with Gasteiger partial charge in [0.05, 0.1) is 0 Å². The van der Waals surface area contributed by atoms with Gasteiger partial charge < -0.3 is 5.11 Å². The molecule has 2 unspecified atom stereocenters. The topological polar surface area (TPSA) is 20.2 Å². The summed E-state index contributed by atoms with van der Waals surface area (Å²) in [6, 6.07) is 22.4. The Morgan fingerprint density at radius 1 is 0.786 bits per heavy atom. The number of rotatable bonds is 5. The van der Waals surface area contributed by atoms with Crippen molar-refractivity contribution < 1.29 is 5.11 Å². The largest absolute Gasteiger partial charge is 0.396 e. The highest BCUT2D eigenvalue weighted by atomic mass is 31.1. The molecule has 2 aliphatic carbocycles. The van der Waals surface area contributed by atoms with E-state index < -0.39 is 0 Å². The van der Waals surface area contributed by atoms with Gasteiger partial charge in [0.2, 0.25) is 0 Å². The van der Waals surface area contributed by atoms with E-state index in [0.717, 1.165) is 17.5 Å². The molecule has 0 saturated heterocycles. The summed E-state index contributed by atoms with van der Waals surface area (Å²) >= 11 is 0. The van der Waals surface area contributed by atoms with Gasteiger partial charge in [0.1, 0.15) is 0 Å². The van der Waals surface area contributed by atoms with Crippen molar-refractivity contribution in [1.82, 2.24) is 0 Å². The summed E-state index contributed by atoms with van der Waals surface area (Å²) in [6.07, 6.45) is 9.43. The van der Waals surface area contributed by atoms with E-state index in [1.807, 2.05) is 0 Å². The second kappa shape index (κ2) is 11.1. The molecule has 152 valence electrons. The van der Waals surface area contributed by atoms with Gasteiger partial charge in [-0.2, -0.15) is 0 Å². The van der Waals surface area contributed by atoms with E-state index in [1.54, 1.807) is 10.6 Å². The van der Waals surface area contributed by atoms with E-state index in [2.05, 4.69) is 74.5 Å². The van der Waals surface area contributed by atoms with Crippen LogP contribution in [-0.2, 0) is 0 Å². The van der Waals surface area contributed by atoms with Crippen LogP contribution >= 0.6 is 7.92 Å². The van der Waals surface area contributed by atoms with Crippen molar-refractivity contribution in [3.63, 3.8) is 0 Å². The molecule has 0 amide bonds. The maximum atomic E-state index is 8.57. The van der Waals surface area contributed by atoms with Gasteiger partial charge in [-0.3, -0.25) is 0 Å². The molecule has 2 aliphatic rings. The standard InChI is InChI=1S/C20H25P.C6H12O/c1-16(2)19-14-9-15-20(19)21(17-10-5-3-6-11-17)18-12-7-4-8-13-18;7-5-6-3-1-2-4-6/h3-8,10-13,16,19-20H,9,14-15H2,1-2H3;6-7H,1-5H2. The summed E-state index contributed by atoms with van der Waals surface area (Å²) in [5.74, 6) is 2.34. The molecule has 2 aromatic carbocycles. The molecule has 0 spiro atoms. The zero-order valence-corrected chi connectivity index (χ0v) is 18.5. The molecule has 0 aromatic heterocycles. The molecule has 2 heteroatoms. The van der Waals surface area contributed by atoms with E-state index in [4.69, 9.17) is 5.11 Å². The molecule has 28 heavy (non-hydrogen) atoms. The number of aliphatic hydroxyl groups is 1. The van der Waals surface area contributed by atoms with Crippen LogP contribution in [0.15, 0.2) is 60.7 Å². The van der Waals surface area contributed by atoms with Crippen molar-refractivity contribution in [3.05, 3.63) is 60.7 Å². The number of aliphatic hydroxyl groups excluding tert-OH is 1. The first-order valence-electron chi connectivity index (χ1n) is 11.2. The Labute approximate surface area is 173 Å². The lowest BCUT2D eigenvalue weighted by molar-refractivity contribution is 0.230. The summed E-state index contributed by atoms with van der Waals surface area (Å²) in [4.78, 5) is 0. The lowest BCUT2D eigenvalue weighted by Gasteiger charge is -2.32. The van der Waals surface area contributed by atoms with Gasteiger partial charge in [0.25, 0.3) is 0 Å². The summed E-state index contributed by atoms with van der Waals surface area (Å²) in [6.45, 7) is 5.24. The molecule has 1 nitrogen and oxygen atoms in total. The Hall–Kier alpha value is -1.17. The Morgan fingerprint density at radius 2 is 1.32 bits per heavy atom. The Morgan fingerprint density at radius 3 is 1.75 bits per heavy atom. The number of benzene rings is 2. The maximum Gasteiger partial charge on any atom is 0.0459 e. The minimum atomic E-state index is -0.224. The van der Waals surface area contributed by atoms with Gasteiger partial charge in [-0.25, -0.2) is 0 Å². The molecular weight excluding hydrogens is 359 g/mol. The van der Waals surface area contributed by atoms with Crippen molar-refractivity contribution in [3.8, 4) is 0 Å². The SMILES string of the molecule is CC(C)C1CCCC1P(c1ccccc1)c1ccccc1.OCC1CCCC1. The molecule has 0 radical (unpaired) electrons. The normalized spacial score (nSPS) is 22.5. The van der Waals surface area contributed by atoms with E-state index in [1.165, 1.54) is 44.9 Å². The Balaban J connectivity index is 0.000000271. The average Bonchev–Trinajstić information content (AvgIpc) is 3.43. The number of hydrogen-bond acceptors (Lipinski definition) is 1. The van der Waals surface area contributed by atoms with Crippen LogP contribution in [0.2, 0.25) is 0 Å². The van der Waals surface area contributed by atoms with Crippen molar-refractivity contribution in [2.45, 2.75) is 64.5 Å². The molecule has 0 bridgehead atoms. The van der Waals surface area contributed by atoms with E-state index >= 15 is 0 Å². The highest BCUT2D eigenvalue weighted by Gasteiger charge is 2.36. The second-order valence-electron chi connectivity index (χ2n) is 8.78. The zero-order chi connectivity index (χ0) is 19.8. The minimum absolute atomic E-state index is 0.224. The van der Waals surface area contributed by atoms with E-state index in [-0.39, 0.29) is 7.92 Å². The van der Waals surface area contributed by atoms with Crippen LogP contribution in [0.25, 0.3) is 0 Å². The molecule has 1 N–H and O–H groups in total. The quantitative estimate of drug-likeness (QED) is 0.604. The molecule has 2 atom stereocenters. The van der Waals surface area contributed by atoms with Crippen molar-refractivity contribution >= 4 is 18.5 Å². The van der Waals surface area contributed by atoms with E-state index in [0.29, 0.717) is 12.5 Å². The summed E-state index contributed by atoms with van der Waals surface area (Å²) in [7, 11) is -0.224. The fourth-order valence-electron chi connectivity index (χ4n) is 4.97. The lowest BCUT2D eigenvalue weighted by Crippen LogP contribution is -2.27. The lowest BCUT2D eigenvalue weighted by atomic mass is 9.94. The molecule has 4 rings (SSSR count). The third-order valence-corrected chi connectivity index (χ3v) is 9.53. The third-order valence-electron chi connectivity index (χ3n) is 6.52. The second-order valence-corrected chi connectivity index (χ2v) is 11.2. The Kier molecular flexibility index (Phi) is 8.56. The van der Waals surface area contributed by atoms with Gasteiger partial charge in [-0.05, 0) is 67.6 Å². The molecular formula is C26H37OP. The average molecular weight is 397 g/mol. The van der Waals surface area contributed by atoms with Gasteiger partial charge in [0.15, 0.2) is 0 Å². The fourth-order valence-corrected chi connectivity index (χ4v) is 8.34. The van der Waals surface area contributed by atoms with Gasteiger partial charge in [-0.15, -0.1) is 0 Å². The smallest absolute Gasteiger partial charge is 0.0459 e. The van der Waals surface area contributed by atoms with Gasteiger partial charge in [0, 0.05) is 6.61 Å². The van der Waals surface area contributed by atoms with Gasteiger partial charge >= 0.3 is 0 Å². The summed E-state index contributed by atoms with van der Waals surface area (Å²) < 4.78 is 0. The molecule has 2 saturated carbocycles. The monoisotopic (exact) mass is 396 g/mol. The molecule has 2 fully saturated rings.